The molecule has 1 amide bonds. The van der Waals surface area contributed by atoms with Gasteiger partial charge in [-0.05, 0) is 26.0 Å². The normalized spacial score (nSPS) is 10.7. The van der Waals surface area contributed by atoms with Crippen LogP contribution in [0.4, 0.5) is 5.13 Å². The fourth-order valence-corrected chi connectivity index (χ4v) is 3.32. The lowest BCUT2D eigenvalue weighted by Crippen LogP contribution is -2.26. The van der Waals surface area contributed by atoms with Crippen LogP contribution in [0.5, 0.6) is 0 Å². The summed E-state index contributed by atoms with van der Waals surface area (Å²) in [6.07, 6.45) is 0. The molecule has 0 atom stereocenters. The molecule has 0 fully saturated rings. The molecular formula is C17H16N4O4S. The predicted molar refractivity (Wildman–Crippen MR) is 97.7 cm³/mol. The van der Waals surface area contributed by atoms with Crippen molar-refractivity contribution in [2.24, 2.45) is 7.05 Å². The Kier molecular flexibility index (Phi) is 4.81. The molecule has 0 saturated heterocycles. The van der Waals surface area contributed by atoms with Gasteiger partial charge in [-0.2, -0.15) is 5.10 Å². The van der Waals surface area contributed by atoms with Crippen molar-refractivity contribution < 1.29 is 14.3 Å². The van der Waals surface area contributed by atoms with E-state index in [4.69, 9.17) is 4.74 Å². The van der Waals surface area contributed by atoms with E-state index in [1.165, 1.54) is 4.68 Å². The first-order valence-corrected chi connectivity index (χ1v) is 8.66. The van der Waals surface area contributed by atoms with Crippen LogP contribution in [0.2, 0.25) is 0 Å². The molecule has 3 aromatic rings. The third kappa shape index (κ3) is 3.21. The number of benzene rings is 1. The summed E-state index contributed by atoms with van der Waals surface area (Å²) >= 11 is 0.990. The topological polar surface area (TPSA) is 103 Å². The Morgan fingerprint density at radius 1 is 1.31 bits per heavy atom. The first-order chi connectivity index (χ1) is 12.4. The number of aryl methyl sites for hydroxylation is 2. The fourth-order valence-electron chi connectivity index (χ4n) is 2.47. The second-order valence-electron chi connectivity index (χ2n) is 5.43. The van der Waals surface area contributed by atoms with E-state index >= 15 is 0 Å². The van der Waals surface area contributed by atoms with Gasteiger partial charge in [0, 0.05) is 12.4 Å². The van der Waals surface area contributed by atoms with Gasteiger partial charge in [-0.3, -0.25) is 19.6 Å². The summed E-state index contributed by atoms with van der Waals surface area (Å²) in [5.74, 6) is -1.18. The molecule has 134 valence electrons. The van der Waals surface area contributed by atoms with Crippen LogP contribution in [0.25, 0.3) is 10.9 Å². The monoisotopic (exact) mass is 372 g/mol. The first-order valence-electron chi connectivity index (χ1n) is 7.84. The van der Waals surface area contributed by atoms with Gasteiger partial charge in [-0.1, -0.05) is 23.5 Å². The number of rotatable bonds is 4. The smallest absolute Gasteiger partial charge is 0.350 e. The number of esters is 1. The Hall–Kier alpha value is -3.07. The van der Waals surface area contributed by atoms with E-state index in [0.717, 1.165) is 11.3 Å². The Balaban J connectivity index is 1.93. The third-order valence-corrected chi connectivity index (χ3v) is 4.71. The number of hydrogen-bond donors (Lipinski definition) is 1. The molecule has 1 N–H and O–H groups in total. The molecule has 8 nitrogen and oxygen atoms in total. The highest BCUT2D eigenvalue weighted by molar-refractivity contribution is 7.17. The van der Waals surface area contributed by atoms with Crippen molar-refractivity contribution in [3.8, 4) is 0 Å². The van der Waals surface area contributed by atoms with Crippen LogP contribution in [-0.4, -0.2) is 33.2 Å². The van der Waals surface area contributed by atoms with E-state index in [9.17, 15) is 14.4 Å². The Bertz CT molecular complexity index is 1070. The zero-order chi connectivity index (χ0) is 18.8. The lowest BCUT2D eigenvalue weighted by atomic mass is 10.2. The van der Waals surface area contributed by atoms with Gasteiger partial charge in [0.2, 0.25) is 5.43 Å². The second kappa shape index (κ2) is 7.04. The summed E-state index contributed by atoms with van der Waals surface area (Å²) in [5.41, 5.74) is 0.374. The number of hydrogen-bond acceptors (Lipinski definition) is 7. The summed E-state index contributed by atoms with van der Waals surface area (Å²) in [6, 6.07) is 6.91. The Labute approximate surface area is 152 Å². The number of thiazole rings is 1. The summed E-state index contributed by atoms with van der Waals surface area (Å²) in [4.78, 5) is 41.4. The quantitative estimate of drug-likeness (QED) is 0.704. The second-order valence-corrected chi connectivity index (χ2v) is 6.43. The molecule has 1 aromatic carbocycles. The minimum absolute atomic E-state index is 0.201. The number of aromatic nitrogens is 3. The van der Waals surface area contributed by atoms with Gasteiger partial charge in [0.1, 0.15) is 4.88 Å². The van der Waals surface area contributed by atoms with Crippen LogP contribution in [0, 0.1) is 6.92 Å². The lowest BCUT2D eigenvalue weighted by Gasteiger charge is -2.07. The third-order valence-electron chi connectivity index (χ3n) is 3.66. The summed E-state index contributed by atoms with van der Waals surface area (Å²) in [7, 11) is 1.66. The van der Waals surface area contributed by atoms with Crippen LogP contribution in [0.3, 0.4) is 0 Å². The summed E-state index contributed by atoms with van der Waals surface area (Å²) in [5, 5.41) is 7.20. The van der Waals surface area contributed by atoms with Crippen LogP contribution in [-0.2, 0) is 11.8 Å². The molecule has 0 spiro atoms. The Morgan fingerprint density at radius 3 is 2.77 bits per heavy atom. The number of anilines is 1. The standard InChI is InChI=1S/C17H16N4O4S/c1-4-25-16(24)14-9(2)18-17(26-14)19-15(23)12-13(22)10-7-5-6-8-11(10)21(3)20-12/h5-8H,4H2,1-3H3,(H,18,19,23). The average Bonchev–Trinajstić information content (AvgIpc) is 2.98. The number of carbonyl (C=O) groups is 2. The molecule has 0 aliphatic carbocycles. The number of fused-ring (bicyclic) bond motifs is 1. The molecule has 0 aliphatic heterocycles. The number of nitrogens with zero attached hydrogens (tertiary/aromatic N) is 3. The molecule has 0 unspecified atom stereocenters. The van der Waals surface area contributed by atoms with Crippen LogP contribution in [0.15, 0.2) is 29.1 Å². The average molecular weight is 372 g/mol. The van der Waals surface area contributed by atoms with E-state index in [0.29, 0.717) is 21.5 Å². The van der Waals surface area contributed by atoms with Crippen molar-refractivity contribution in [1.82, 2.24) is 14.8 Å². The highest BCUT2D eigenvalue weighted by Gasteiger charge is 2.21. The predicted octanol–water partition coefficient (Wildman–Crippen LogP) is 2.13. The SMILES string of the molecule is CCOC(=O)c1sc(NC(=O)c2nn(C)c3ccccc3c2=O)nc1C. The van der Waals surface area contributed by atoms with Gasteiger partial charge in [0.15, 0.2) is 10.8 Å². The fraction of sp³-hybridized carbons (Fsp3) is 0.235. The molecule has 0 saturated carbocycles. The minimum Gasteiger partial charge on any atom is -0.462 e. The summed E-state index contributed by atoms with van der Waals surface area (Å²) in [6.45, 7) is 3.60. The van der Waals surface area contributed by atoms with E-state index in [2.05, 4.69) is 15.4 Å². The van der Waals surface area contributed by atoms with E-state index in [1.807, 2.05) is 0 Å². The van der Waals surface area contributed by atoms with Crippen molar-refractivity contribution in [2.45, 2.75) is 13.8 Å². The number of ether oxygens (including phenoxy) is 1. The molecular weight excluding hydrogens is 356 g/mol. The van der Waals surface area contributed by atoms with Crippen molar-refractivity contribution >= 4 is 39.2 Å². The molecule has 26 heavy (non-hydrogen) atoms. The van der Waals surface area contributed by atoms with E-state index < -0.39 is 17.3 Å². The zero-order valence-corrected chi connectivity index (χ0v) is 15.2. The Morgan fingerprint density at radius 2 is 2.04 bits per heavy atom. The van der Waals surface area contributed by atoms with Crippen molar-refractivity contribution in [3.05, 3.63) is 50.8 Å². The molecule has 3 rings (SSSR count). The van der Waals surface area contributed by atoms with Crippen LogP contribution in [0.1, 0.15) is 32.8 Å². The van der Waals surface area contributed by atoms with Crippen molar-refractivity contribution in [3.63, 3.8) is 0 Å². The molecule has 2 aromatic heterocycles. The minimum atomic E-state index is -0.680. The first kappa shape index (κ1) is 17.7. The molecule has 9 heteroatoms. The van der Waals surface area contributed by atoms with Crippen LogP contribution < -0.4 is 10.7 Å². The highest BCUT2D eigenvalue weighted by Crippen LogP contribution is 2.23. The molecule has 0 radical (unpaired) electrons. The van der Waals surface area contributed by atoms with Crippen molar-refractivity contribution in [1.29, 1.82) is 0 Å². The summed E-state index contributed by atoms with van der Waals surface area (Å²) < 4.78 is 6.42. The van der Waals surface area contributed by atoms with Gasteiger partial charge in [-0.15, -0.1) is 0 Å². The maximum Gasteiger partial charge on any atom is 0.350 e. The van der Waals surface area contributed by atoms with Gasteiger partial charge in [-0.25, -0.2) is 9.78 Å². The van der Waals surface area contributed by atoms with E-state index in [-0.39, 0.29) is 17.4 Å². The number of amides is 1. The highest BCUT2D eigenvalue weighted by atomic mass is 32.1. The van der Waals surface area contributed by atoms with Crippen molar-refractivity contribution in [2.75, 3.05) is 11.9 Å². The number of nitrogens with one attached hydrogen (secondary N) is 1. The van der Waals surface area contributed by atoms with Gasteiger partial charge in [0.05, 0.1) is 17.8 Å². The van der Waals surface area contributed by atoms with Gasteiger partial charge in [0.25, 0.3) is 5.91 Å². The maximum atomic E-state index is 12.6. The van der Waals surface area contributed by atoms with E-state index in [1.54, 1.807) is 45.2 Å². The van der Waals surface area contributed by atoms with Gasteiger partial charge < -0.3 is 4.74 Å². The largest absolute Gasteiger partial charge is 0.462 e. The maximum absolute atomic E-state index is 12.6. The number of carbonyl (C=O) groups excluding carboxylic acids is 2. The van der Waals surface area contributed by atoms with Crippen LogP contribution >= 0.6 is 11.3 Å². The lowest BCUT2D eigenvalue weighted by molar-refractivity contribution is 0.0531. The molecule has 2 heterocycles. The zero-order valence-electron chi connectivity index (χ0n) is 14.4. The molecule has 0 bridgehead atoms. The van der Waals surface area contributed by atoms with Gasteiger partial charge >= 0.3 is 5.97 Å². The molecule has 0 aliphatic rings. The number of para-hydroxylation sites is 1.